The van der Waals surface area contributed by atoms with Gasteiger partial charge in [-0.3, -0.25) is 0 Å². The van der Waals surface area contributed by atoms with E-state index >= 15 is 0 Å². The van der Waals surface area contributed by atoms with Crippen LogP contribution in [0.25, 0.3) is 0 Å². The molecule has 14 heavy (non-hydrogen) atoms. The molecule has 0 aliphatic heterocycles. The summed E-state index contributed by atoms with van der Waals surface area (Å²) in [6.07, 6.45) is 0. The van der Waals surface area contributed by atoms with E-state index in [4.69, 9.17) is 33.2 Å². The van der Waals surface area contributed by atoms with E-state index in [0.717, 1.165) is 0 Å². The van der Waals surface area contributed by atoms with Crippen molar-refractivity contribution in [2.24, 2.45) is 0 Å². The van der Waals surface area contributed by atoms with Crippen molar-refractivity contribution < 1.29 is 0 Å². The van der Waals surface area contributed by atoms with Gasteiger partial charge in [0, 0.05) is 10.2 Å². The summed E-state index contributed by atoms with van der Waals surface area (Å²) in [5.41, 5.74) is 0. The lowest BCUT2D eigenvalue weighted by atomic mass is 11.7. The van der Waals surface area contributed by atoms with Gasteiger partial charge in [0.15, 0.2) is 0 Å². The number of rotatable bonds is 3. The van der Waals surface area contributed by atoms with Crippen LogP contribution in [-0.2, 0) is 0 Å². The first-order chi connectivity index (χ1) is 5.75. The Kier molecular flexibility index (Phi) is 4.72. The van der Waals surface area contributed by atoms with E-state index < -0.39 is 22.2 Å². The maximum atomic E-state index is 6.60. The van der Waals surface area contributed by atoms with Crippen molar-refractivity contribution in [3.05, 3.63) is 0 Å². The SMILES string of the molecule is C[Si](C)(Cl)C([Si])([Si](C)(C)Cl)[Si](C)(C)Cl. The van der Waals surface area contributed by atoms with E-state index in [1.54, 1.807) is 0 Å². The molecule has 0 aliphatic rings. The van der Waals surface area contributed by atoms with Gasteiger partial charge in [-0.15, -0.1) is 0 Å². The average Bonchev–Trinajstić information content (AvgIpc) is 1.77. The molecule has 0 N–H and O–H groups in total. The van der Waals surface area contributed by atoms with E-state index in [-0.39, 0.29) is 3.91 Å². The summed E-state index contributed by atoms with van der Waals surface area (Å²) in [4.78, 5) is 0. The normalized spacial score (nSPS) is 15.9. The Morgan fingerprint density at radius 2 is 0.857 bits per heavy atom. The molecule has 0 aromatic carbocycles. The number of hydrogen-bond donors (Lipinski definition) is 0. The van der Waals surface area contributed by atoms with E-state index in [9.17, 15) is 0 Å². The average molecular weight is 321 g/mol. The highest BCUT2D eigenvalue weighted by atomic mass is 35.6. The fraction of sp³-hybridized carbons (Fsp3) is 1.00. The van der Waals surface area contributed by atoms with Gasteiger partial charge in [0.2, 0.25) is 0 Å². The van der Waals surface area contributed by atoms with Crippen LogP contribution in [-0.4, -0.2) is 32.4 Å². The topological polar surface area (TPSA) is 0 Å². The Morgan fingerprint density at radius 3 is 0.857 bits per heavy atom. The van der Waals surface area contributed by atoms with Gasteiger partial charge in [-0.2, -0.15) is 33.2 Å². The van der Waals surface area contributed by atoms with Crippen LogP contribution in [0.1, 0.15) is 0 Å². The molecule has 0 fully saturated rings. The molecule has 0 atom stereocenters. The number of halogens is 3. The molecule has 0 aromatic heterocycles. The third kappa shape index (κ3) is 2.70. The molecule has 0 aliphatic carbocycles. The molecule has 0 heterocycles. The molecule has 0 nitrogen and oxygen atoms in total. The van der Waals surface area contributed by atoms with Crippen LogP contribution in [0.4, 0.5) is 0 Å². The molecule has 0 saturated heterocycles. The minimum atomic E-state index is -1.94. The minimum Gasteiger partial charge on any atom is -0.168 e. The first-order valence-electron chi connectivity index (χ1n) is 4.57. The van der Waals surface area contributed by atoms with Gasteiger partial charge in [0.1, 0.15) is 22.2 Å². The van der Waals surface area contributed by atoms with Crippen LogP contribution in [0.2, 0.25) is 43.2 Å². The fourth-order valence-corrected chi connectivity index (χ4v) is 33.1. The van der Waals surface area contributed by atoms with Gasteiger partial charge >= 0.3 is 0 Å². The summed E-state index contributed by atoms with van der Waals surface area (Å²) in [7, 11) is -1.91. The van der Waals surface area contributed by atoms with Gasteiger partial charge in [0.25, 0.3) is 0 Å². The highest BCUT2D eigenvalue weighted by molar-refractivity contribution is 7.50. The zero-order valence-corrected chi connectivity index (χ0v) is 15.9. The van der Waals surface area contributed by atoms with Crippen LogP contribution in [0.3, 0.4) is 0 Å². The lowest BCUT2D eigenvalue weighted by Crippen LogP contribution is -2.63. The van der Waals surface area contributed by atoms with E-state index in [1.165, 1.54) is 0 Å². The van der Waals surface area contributed by atoms with Crippen LogP contribution < -0.4 is 0 Å². The Bertz CT molecular complexity index is 174. The van der Waals surface area contributed by atoms with Crippen LogP contribution in [0, 0.1) is 0 Å². The Hall–Kier alpha value is 1.74. The standard InChI is InChI=1S/C7H18Cl3Si4/c1-12(2,8)7(11,13(3,4)9)14(5,6)10/h1-6H3. The van der Waals surface area contributed by atoms with Crippen LogP contribution in [0.15, 0.2) is 0 Å². The number of hydrogen-bond acceptors (Lipinski definition) is 0. The monoisotopic (exact) mass is 319 g/mol. The summed E-state index contributed by atoms with van der Waals surface area (Å²) in [5, 5.41) is 0. The van der Waals surface area contributed by atoms with E-state index in [0.29, 0.717) is 0 Å². The van der Waals surface area contributed by atoms with Gasteiger partial charge in [-0.25, -0.2) is 0 Å². The molecule has 0 saturated carbocycles. The van der Waals surface area contributed by atoms with Crippen molar-refractivity contribution in [1.29, 1.82) is 0 Å². The summed E-state index contributed by atoms with van der Waals surface area (Å²) in [6.45, 7) is 12.7. The molecular formula is C7H18Cl3Si4. The van der Waals surface area contributed by atoms with Crippen LogP contribution >= 0.6 is 33.2 Å². The zero-order chi connectivity index (χ0) is 12.0. The summed E-state index contributed by atoms with van der Waals surface area (Å²) >= 11 is 19.8. The van der Waals surface area contributed by atoms with Gasteiger partial charge in [-0.05, 0) is 3.91 Å². The molecule has 0 spiro atoms. The summed E-state index contributed by atoms with van der Waals surface area (Å²) < 4.78 is -0.169. The lowest BCUT2D eigenvalue weighted by Gasteiger charge is -2.51. The molecule has 3 radical (unpaired) electrons. The van der Waals surface area contributed by atoms with Crippen LogP contribution in [0.5, 0.6) is 0 Å². The van der Waals surface area contributed by atoms with Crippen molar-refractivity contribution in [3.63, 3.8) is 0 Å². The van der Waals surface area contributed by atoms with E-state index in [2.05, 4.69) is 49.5 Å². The van der Waals surface area contributed by atoms with Crippen molar-refractivity contribution in [1.82, 2.24) is 0 Å². The molecule has 7 heteroatoms. The Morgan fingerprint density at radius 1 is 0.714 bits per heavy atom. The van der Waals surface area contributed by atoms with E-state index in [1.807, 2.05) is 0 Å². The molecular weight excluding hydrogens is 303 g/mol. The largest absolute Gasteiger partial charge is 0.168 e. The third-order valence-corrected chi connectivity index (χ3v) is 31.7. The minimum absolute atomic E-state index is 0.169. The second kappa shape index (κ2) is 4.20. The summed E-state index contributed by atoms with van der Waals surface area (Å²) in [5.74, 6) is 0. The predicted octanol–water partition coefficient (Wildman–Crippen LogP) is 4.26. The zero-order valence-electron chi connectivity index (χ0n) is 9.63. The molecule has 0 unspecified atom stereocenters. The highest BCUT2D eigenvalue weighted by Gasteiger charge is 2.61. The second-order valence-corrected chi connectivity index (χ2v) is 28.5. The molecule has 0 aromatic rings. The first-order valence-corrected chi connectivity index (χ1v) is 17.1. The first kappa shape index (κ1) is 15.7. The maximum absolute atomic E-state index is 6.60. The highest BCUT2D eigenvalue weighted by Crippen LogP contribution is 2.54. The third-order valence-electron chi connectivity index (χ3n) is 2.68. The quantitative estimate of drug-likeness (QED) is 0.538. The van der Waals surface area contributed by atoms with Crippen molar-refractivity contribution in [2.45, 2.75) is 43.2 Å². The molecule has 0 amide bonds. The van der Waals surface area contributed by atoms with Gasteiger partial charge < -0.3 is 0 Å². The van der Waals surface area contributed by atoms with Crippen molar-refractivity contribution in [2.75, 3.05) is 0 Å². The van der Waals surface area contributed by atoms with Crippen molar-refractivity contribution in [3.8, 4) is 0 Å². The lowest BCUT2D eigenvalue weighted by molar-refractivity contribution is 1.35. The molecule has 0 rings (SSSR count). The Labute approximate surface area is 108 Å². The van der Waals surface area contributed by atoms with Gasteiger partial charge in [0.05, 0.1) is 0 Å². The molecule has 0 bridgehead atoms. The maximum Gasteiger partial charge on any atom is 0.150 e. The van der Waals surface area contributed by atoms with Gasteiger partial charge in [-0.1, -0.05) is 39.3 Å². The second-order valence-electron chi connectivity index (χ2n) is 5.17. The predicted molar refractivity (Wildman–Crippen MR) is 78.5 cm³/mol. The smallest absolute Gasteiger partial charge is 0.150 e. The molecule has 83 valence electrons. The Balaban J connectivity index is 5.54. The summed E-state index contributed by atoms with van der Waals surface area (Å²) in [6, 6.07) is 0. The van der Waals surface area contributed by atoms with Crippen molar-refractivity contribution >= 4 is 65.6 Å². The fourth-order valence-electron chi connectivity index (χ4n) is 2.12.